The van der Waals surface area contributed by atoms with Crippen LogP contribution in [0.15, 0.2) is 261 Å². The molecule has 28 nitrogen and oxygen atoms in total. The van der Waals surface area contributed by atoms with Crippen LogP contribution in [-0.4, -0.2) is 164 Å². The highest BCUT2D eigenvalue weighted by Crippen LogP contribution is 2.56. The standard InChI is InChI=1S/C108H100Br4O28/c1-105(2,49-61-21-13-9-14-22-61)137-97(125)57-133-93(121)53-129-89-33-29-65(37-77(89)109)101-69-41-71(83(115)45-81(69)113)102(66-30-34-90(78(110)38-66)130-54-94(122)134-58-98(126)138-106(3,4)50-62-23-15-10-16-24-62)73-43-75(87(119)47-85(73)117)104(68-32-36-92(80(112)40-68)132-56-96(124)136-60-100(128)140-108(7,8)52-64-27-19-12-20-28-64)76-44-74(86(118)48-88(76)120)103(72-42-70(101)82(114)46-84(72)116)67-31-35-91(79(111)39-67)131-55-95(123)135-59-99(127)139-107(5,6)51-63-25-17-11-18-26-63/h9-48,101-104,113-120H,49-60H2,1-8H3. The second kappa shape index (κ2) is 45.2. The zero-order chi connectivity index (χ0) is 101. The highest BCUT2D eigenvalue weighted by Gasteiger charge is 2.39. The average Bonchev–Trinajstić information content (AvgIpc) is 0.733. The summed E-state index contributed by atoms with van der Waals surface area (Å²) in [5.41, 5.74) is -0.393. The van der Waals surface area contributed by atoms with Gasteiger partial charge < -0.3 is 97.7 Å². The molecule has 13 rings (SSSR count). The minimum Gasteiger partial charge on any atom is -0.507 e. The summed E-state index contributed by atoms with van der Waals surface area (Å²) in [6.07, 6.45) is 1.45. The summed E-state index contributed by atoms with van der Waals surface area (Å²) >= 11 is 14.4. The van der Waals surface area contributed by atoms with Crippen molar-refractivity contribution in [2.24, 2.45) is 0 Å². The number of rotatable bonds is 36. The van der Waals surface area contributed by atoms with Gasteiger partial charge in [-0.25, -0.2) is 38.4 Å². The highest BCUT2D eigenvalue weighted by atomic mass is 79.9. The molecular weight excluding hydrogens is 2060 g/mol. The predicted octanol–water partition coefficient (Wildman–Crippen LogP) is 19.4. The van der Waals surface area contributed by atoms with Crippen LogP contribution in [0.25, 0.3) is 0 Å². The van der Waals surface area contributed by atoms with Gasteiger partial charge in [0.05, 0.1) is 17.9 Å². The third-order valence-electron chi connectivity index (χ3n) is 22.6. The Morgan fingerprint density at radius 1 is 0.229 bits per heavy atom. The van der Waals surface area contributed by atoms with E-state index in [1.165, 1.54) is 97.1 Å². The van der Waals surface area contributed by atoms with Crippen LogP contribution >= 0.6 is 63.7 Å². The van der Waals surface area contributed by atoms with E-state index < -0.39 is 193 Å². The number of halogens is 4. The number of aromatic hydroxyl groups is 8. The van der Waals surface area contributed by atoms with Gasteiger partial charge in [-0.15, -0.1) is 0 Å². The summed E-state index contributed by atoms with van der Waals surface area (Å²) in [4.78, 5) is 106. The molecule has 1 aliphatic carbocycles. The van der Waals surface area contributed by atoms with Crippen LogP contribution in [0, 0.1) is 0 Å². The molecule has 0 fully saturated rings. The van der Waals surface area contributed by atoms with Crippen LogP contribution in [0.3, 0.4) is 0 Å². The summed E-state index contributed by atoms with van der Waals surface area (Å²) in [5.74, 6) is -18.0. The molecule has 0 saturated carbocycles. The van der Waals surface area contributed by atoms with E-state index in [0.29, 0.717) is 25.7 Å². The maximum atomic E-state index is 13.4. The molecule has 728 valence electrons. The monoisotopic (exact) mass is 2160 g/mol. The van der Waals surface area contributed by atoms with E-state index in [-0.39, 0.29) is 108 Å². The minimum atomic E-state index is -1.48. The van der Waals surface area contributed by atoms with Gasteiger partial charge in [-0.05, 0) is 236 Å². The first kappa shape index (κ1) is 103. The van der Waals surface area contributed by atoms with E-state index in [1.807, 2.05) is 121 Å². The lowest BCUT2D eigenvalue weighted by Crippen LogP contribution is -2.33. The molecule has 0 aromatic heterocycles. The molecule has 0 radical (unpaired) electrons. The fraction of sp³-hybridized carbons (Fsp3) is 0.259. The molecule has 0 spiro atoms. The van der Waals surface area contributed by atoms with Crippen molar-refractivity contribution in [1.82, 2.24) is 0 Å². The minimum absolute atomic E-state index is 0.0285. The zero-order valence-electron chi connectivity index (χ0n) is 77.1. The van der Waals surface area contributed by atoms with E-state index >= 15 is 0 Å². The first-order chi connectivity index (χ1) is 66.5. The molecule has 140 heavy (non-hydrogen) atoms. The topological polar surface area (TPSA) is 409 Å². The van der Waals surface area contributed by atoms with Crippen LogP contribution in [0.1, 0.15) is 168 Å². The normalized spacial score (nSPS) is 14.1. The molecular formula is C108H100Br4O28. The Labute approximate surface area is 840 Å². The molecule has 32 heteroatoms. The molecule has 0 unspecified atom stereocenters. The maximum absolute atomic E-state index is 13.4. The lowest BCUT2D eigenvalue weighted by Gasteiger charge is -2.30. The Morgan fingerprint density at radius 2 is 0.400 bits per heavy atom. The van der Waals surface area contributed by atoms with Gasteiger partial charge in [0.2, 0.25) is 0 Å². The molecule has 0 amide bonds. The molecule has 0 saturated heterocycles. The number of phenols is 8. The number of fused-ring (bicyclic) bond motifs is 8. The number of benzene rings is 12. The van der Waals surface area contributed by atoms with E-state index in [0.717, 1.165) is 46.5 Å². The van der Waals surface area contributed by atoms with E-state index in [2.05, 4.69) is 63.7 Å². The summed E-state index contributed by atoms with van der Waals surface area (Å²) in [5, 5.41) is 103. The SMILES string of the molecule is CC(C)(Cc1ccccc1)OC(=O)COC(=O)COc1ccc(C2c3cc(c(O)cc3O)C(c3ccc(OCC(=O)OCC(=O)OC(C)(C)Cc4ccccc4)c(Br)c3)c3cc(c(O)cc3O)C(c3ccc(OCC(=O)OCC(=O)OC(C)(C)Cc4ccccc4)c(Br)c3)c3cc(c(O)cc3O)C(c3ccc(OCC(=O)OCC(=O)OC(C)(C)Cc4ccccc4)c(Br)c3)c3cc2c(O)cc3O)cc1Br. The summed E-state index contributed by atoms with van der Waals surface area (Å²) in [7, 11) is 0. The molecule has 12 aromatic rings. The molecule has 0 heterocycles. The number of hydrogen-bond donors (Lipinski definition) is 8. The van der Waals surface area contributed by atoms with Crippen LogP contribution in [-0.2, 0) is 102 Å². The van der Waals surface area contributed by atoms with Gasteiger partial charge in [-0.3, -0.25) is 0 Å². The first-order valence-corrected chi connectivity index (χ1v) is 47.3. The van der Waals surface area contributed by atoms with Crippen molar-refractivity contribution < 1.29 is 136 Å². The number of ether oxygens (including phenoxy) is 12. The van der Waals surface area contributed by atoms with E-state index in [1.54, 1.807) is 55.4 Å². The number of phenolic OH excluding ortho intramolecular Hbond substituents is 8. The summed E-state index contributed by atoms with van der Waals surface area (Å²) in [6, 6.07) is 64.9. The van der Waals surface area contributed by atoms with Crippen molar-refractivity contribution in [3.8, 4) is 69.0 Å². The third-order valence-corrected chi connectivity index (χ3v) is 25.1. The van der Waals surface area contributed by atoms with Crippen molar-refractivity contribution in [3.63, 3.8) is 0 Å². The van der Waals surface area contributed by atoms with Crippen molar-refractivity contribution in [2.45, 2.75) is 127 Å². The average molecular weight is 2170 g/mol. The summed E-state index contributed by atoms with van der Waals surface area (Å²) < 4.78 is 68.6. The number of carbonyl (C=O) groups excluding carboxylic acids is 8. The quantitative estimate of drug-likeness (QED) is 0.0134. The summed E-state index contributed by atoms with van der Waals surface area (Å²) in [6.45, 7) is 7.75. The number of carbonyl (C=O) groups is 8. The van der Waals surface area contributed by atoms with Crippen LogP contribution < -0.4 is 18.9 Å². The van der Waals surface area contributed by atoms with E-state index in [4.69, 9.17) is 56.8 Å². The Bertz CT molecular complexity index is 5700. The van der Waals surface area contributed by atoms with Crippen LogP contribution in [0.4, 0.5) is 0 Å². The van der Waals surface area contributed by atoms with Gasteiger partial charge >= 0.3 is 47.8 Å². The zero-order valence-corrected chi connectivity index (χ0v) is 83.5. The fourth-order valence-corrected chi connectivity index (χ4v) is 18.8. The van der Waals surface area contributed by atoms with Crippen molar-refractivity contribution in [2.75, 3.05) is 52.9 Å². The predicted molar refractivity (Wildman–Crippen MR) is 527 cm³/mol. The Morgan fingerprint density at radius 3 is 0.564 bits per heavy atom. The molecule has 8 bridgehead atoms. The maximum Gasteiger partial charge on any atom is 0.344 e. The third kappa shape index (κ3) is 27.3. The molecule has 0 aliphatic heterocycles. The van der Waals surface area contributed by atoms with E-state index in [9.17, 15) is 79.2 Å². The van der Waals surface area contributed by atoms with Crippen molar-refractivity contribution in [1.29, 1.82) is 0 Å². The van der Waals surface area contributed by atoms with Gasteiger partial charge in [-0.1, -0.05) is 146 Å². The van der Waals surface area contributed by atoms with Gasteiger partial charge in [0.1, 0.15) is 91.4 Å². The fourth-order valence-electron chi connectivity index (χ4n) is 16.8. The van der Waals surface area contributed by atoms with Gasteiger partial charge in [0.25, 0.3) is 0 Å². The van der Waals surface area contributed by atoms with Gasteiger partial charge in [-0.2, -0.15) is 0 Å². The lowest BCUT2D eigenvalue weighted by molar-refractivity contribution is -0.168. The van der Waals surface area contributed by atoms with Gasteiger partial charge in [0.15, 0.2) is 52.9 Å². The van der Waals surface area contributed by atoms with Crippen LogP contribution in [0.2, 0.25) is 0 Å². The smallest absolute Gasteiger partial charge is 0.344 e. The Balaban J connectivity index is 0.915. The number of esters is 8. The second-order valence-electron chi connectivity index (χ2n) is 35.8. The highest BCUT2D eigenvalue weighted by molar-refractivity contribution is 9.11. The lowest BCUT2D eigenvalue weighted by atomic mass is 9.75. The van der Waals surface area contributed by atoms with Gasteiger partial charge in [0, 0.05) is 118 Å². The van der Waals surface area contributed by atoms with Crippen molar-refractivity contribution in [3.05, 3.63) is 350 Å². The molecule has 0 atom stereocenters. The van der Waals surface area contributed by atoms with Crippen LogP contribution in [0.5, 0.6) is 69.0 Å². The molecule has 1 aliphatic rings. The second-order valence-corrected chi connectivity index (χ2v) is 39.2. The molecule has 12 aromatic carbocycles. The largest absolute Gasteiger partial charge is 0.507 e. The van der Waals surface area contributed by atoms with Crippen molar-refractivity contribution >= 4 is 111 Å². The Hall–Kier alpha value is -14.1. The molecule has 8 N–H and O–H groups in total. The first-order valence-electron chi connectivity index (χ1n) is 44.1. The number of hydrogen-bond acceptors (Lipinski definition) is 28. The Kier molecular flexibility index (Phi) is 33.4.